The fourth-order valence-corrected chi connectivity index (χ4v) is 4.39. The molecule has 2 heterocycles. The van der Waals surface area contributed by atoms with Crippen LogP contribution in [0.2, 0.25) is 0 Å². The monoisotopic (exact) mass is 431 g/mol. The molecule has 4 aromatic rings. The smallest absolute Gasteiger partial charge is 0.234 e. The van der Waals surface area contributed by atoms with Gasteiger partial charge in [0, 0.05) is 5.69 Å². The van der Waals surface area contributed by atoms with E-state index < -0.39 is 0 Å². The minimum atomic E-state index is -0.0429. The van der Waals surface area contributed by atoms with Gasteiger partial charge in [0.05, 0.1) is 23.0 Å². The molecule has 4 rings (SSSR count). The number of thioether (sulfide) groups is 1. The number of aromatic nitrogens is 4. The number of aryl methyl sites for hydroxylation is 3. The minimum absolute atomic E-state index is 0.0429. The molecule has 0 spiro atoms. The lowest BCUT2D eigenvalue weighted by atomic mass is 10.0. The summed E-state index contributed by atoms with van der Waals surface area (Å²) in [5, 5.41) is 9.23. The lowest BCUT2D eigenvalue weighted by Gasteiger charge is -2.14. The SMILES string of the molecule is CCc1cccc(CC)c1NC(=O)CSc1ncnc2c1cnn2-c1ccccc1C. The van der Waals surface area contributed by atoms with Gasteiger partial charge in [-0.2, -0.15) is 5.10 Å². The van der Waals surface area contributed by atoms with E-state index in [1.54, 1.807) is 6.20 Å². The Labute approximate surface area is 186 Å². The van der Waals surface area contributed by atoms with E-state index in [1.165, 1.54) is 18.1 Å². The van der Waals surface area contributed by atoms with Crippen LogP contribution in [0.5, 0.6) is 0 Å². The summed E-state index contributed by atoms with van der Waals surface area (Å²) in [6, 6.07) is 14.2. The molecule has 0 atom stereocenters. The molecule has 158 valence electrons. The first kappa shape index (κ1) is 21.1. The van der Waals surface area contributed by atoms with Gasteiger partial charge >= 0.3 is 0 Å². The van der Waals surface area contributed by atoms with Gasteiger partial charge < -0.3 is 5.32 Å². The van der Waals surface area contributed by atoms with Crippen molar-refractivity contribution in [2.24, 2.45) is 0 Å². The van der Waals surface area contributed by atoms with Crippen molar-refractivity contribution in [2.75, 3.05) is 11.1 Å². The topological polar surface area (TPSA) is 72.7 Å². The molecule has 0 unspecified atom stereocenters. The van der Waals surface area contributed by atoms with Crippen molar-refractivity contribution in [1.82, 2.24) is 19.7 Å². The van der Waals surface area contributed by atoms with Crippen molar-refractivity contribution in [2.45, 2.75) is 38.6 Å². The molecule has 6 nitrogen and oxygen atoms in total. The van der Waals surface area contributed by atoms with E-state index in [1.807, 2.05) is 41.9 Å². The third-order valence-corrected chi connectivity index (χ3v) is 6.28. The molecular weight excluding hydrogens is 406 g/mol. The zero-order chi connectivity index (χ0) is 21.8. The predicted octanol–water partition coefficient (Wildman–Crippen LogP) is 4.98. The van der Waals surface area contributed by atoms with E-state index in [4.69, 9.17) is 0 Å². The molecule has 0 bridgehead atoms. The average Bonchev–Trinajstić information content (AvgIpc) is 3.22. The maximum Gasteiger partial charge on any atom is 0.234 e. The zero-order valence-electron chi connectivity index (χ0n) is 17.9. The number of hydrogen-bond acceptors (Lipinski definition) is 5. The van der Waals surface area contributed by atoms with Gasteiger partial charge in [-0.05, 0) is 42.5 Å². The summed E-state index contributed by atoms with van der Waals surface area (Å²) in [5.41, 5.74) is 6.08. The summed E-state index contributed by atoms with van der Waals surface area (Å²) in [6.07, 6.45) is 5.05. The number of carbonyl (C=O) groups excluding carboxylic acids is 1. The molecule has 1 amide bonds. The molecular formula is C24H25N5OS. The van der Waals surface area contributed by atoms with Crippen molar-refractivity contribution in [3.05, 3.63) is 71.7 Å². The van der Waals surface area contributed by atoms with Crippen molar-refractivity contribution in [3.8, 4) is 5.69 Å². The van der Waals surface area contributed by atoms with E-state index >= 15 is 0 Å². The number of fused-ring (bicyclic) bond motifs is 1. The van der Waals surface area contributed by atoms with Gasteiger partial charge in [-0.25, -0.2) is 14.6 Å². The molecule has 0 radical (unpaired) electrons. The van der Waals surface area contributed by atoms with Crippen LogP contribution < -0.4 is 5.32 Å². The lowest BCUT2D eigenvalue weighted by molar-refractivity contribution is -0.113. The first-order valence-electron chi connectivity index (χ1n) is 10.4. The highest BCUT2D eigenvalue weighted by atomic mass is 32.2. The second kappa shape index (κ2) is 9.31. The van der Waals surface area contributed by atoms with Gasteiger partial charge in [-0.15, -0.1) is 0 Å². The van der Waals surface area contributed by atoms with Crippen molar-refractivity contribution in [3.63, 3.8) is 0 Å². The Bertz CT molecular complexity index is 1210. The summed E-state index contributed by atoms with van der Waals surface area (Å²) >= 11 is 1.40. The Balaban J connectivity index is 1.54. The van der Waals surface area contributed by atoms with Crippen molar-refractivity contribution >= 4 is 34.4 Å². The fraction of sp³-hybridized carbons (Fsp3) is 0.250. The van der Waals surface area contributed by atoms with E-state index in [9.17, 15) is 4.79 Å². The minimum Gasteiger partial charge on any atom is -0.325 e. The molecule has 2 aromatic heterocycles. The van der Waals surface area contributed by atoms with Crippen molar-refractivity contribution in [1.29, 1.82) is 0 Å². The van der Waals surface area contributed by atoms with Crippen LogP contribution in [0, 0.1) is 6.92 Å². The Kier molecular flexibility index (Phi) is 6.32. The molecule has 0 aliphatic carbocycles. The Morgan fingerprint density at radius 3 is 2.48 bits per heavy atom. The van der Waals surface area contributed by atoms with Crippen LogP contribution in [0.15, 0.2) is 60.0 Å². The van der Waals surface area contributed by atoms with Crippen LogP contribution in [0.3, 0.4) is 0 Å². The molecule has 0 saturated heterocycles. The number of hydrogen-bond donors (Lipinski definition) is 1. The molecule has 1 N–H and O–H groups in total. The summed E-state index contributed by atoms with van der Waals surface area (Å²) in [4.78, 5) is 21.6. The van der Waals surface area contributed by atoms with Gasteiger partial charge in [-0.3, -0.25) is 4.79 Å². The van der Waals surface area contributed by atoms with Crippen LogP contribution in [-0.4, -0.2) is 31.4 Å². The number of para-hydroxylation sites is 2. The molecule has 0 aliphatic rings. The van der Waals surface area contributed by atoms with E-state index in [0.717, 1.165) is 57.0 Å². The van der Waals surface area contributed by atoms with Crippen LogP contribution in [0.25, 0.3) is 16.7 Å². The van der Waals surface area contributed by atoms with Gasteiger partial charge in [0.15, 0.2) is 5.65 Å². The number of amides is 1. The summed E-state index contributed by atoms with van der Waals surface area (Å²) in [5.74, 6) is 0.224. The Hall–Kier alpha value is -3.19. The number of rotatable bonds is 7. The zero-order valence-corrected chi connectivity index (χ0v) is 18.7. The van der Waals surface area contributed by atoms with Gasteiger partial charge in [-0.1, -0.05) is 62.0 Å². The molecule has 7 heteroatoms. The second-order valence-corrected chi connectivity index (χ2v) is 8.22. The lowest BCUT2D eigenvalue weighted by Crippen LogP contribution is -2.16. The molecule has 0 fully saturated rings. The third kappa shape index (κ3) is 4.32. The normalized spacial score (nSPS) is 11.1. The number of nitrogens with zero attached hydrogens (tertiary/aromatic N) is 4. The van der Waals surface area contributed by atoms with Crippen LogP contribution >= 0.6 is 11.8 Å². The number of carbonyl (C=O) groups is 1. The molecule has 31 heavy (non-hydrogen) atoms. The first-order chi connectivity index (χ1) is 15.1. The first-order valence-corrected chi connectivity index (χ1v) is 11.4. The van der Waals surface area contributed by atoms with Gasteiger partial charge in [0.2, 0.25) is 5.91 Å². The number of benzene rings is 2. The van der Waals surface area contributed by atoms with E-state index in [2.05, 4.69) is 46.4 Å². The largest absolute Gasteiger partial charge is 0.325 e. The maximum absolute atomic E-state index is 12.7. The van der Waals surface area contributed by atoms with Crippen LogP contribution in [-0.2, 0) is 17.6 Å². The summed E-state index contributed by atoms with van der Waals surface area (Å²) in [6.45, 7) is 6.24. The highest BCUT2D eigenvalue weighted by Crippen LogP contribution is 2.27. The van der Waals surface area contributed by atoms with Crippen molar-refractivity contribution < 1.29 is 4.79 Å². The van der Waals surface area contributed by atoms with Gasteiger partial charge in [0.1, 0.15) is 11.4 Å². The fourth-order valence-electron chi connectivity index (χ4n) is 3.63. The number of nitrogens with one attached hydrogen (secondary N) is 1. The van der Waals surface area contributed by atoms with Gasteiger partial charge in [0.25, 0.3) is 0 Å². The number of anilines is 1. The summed E-state index contributed by atoms with van der Waals surface area (Å²) in [7, 11) is 0. The predicted molar refractivity (Wildman–Crippen MR) is 126 cm³/mol. The quantitative estimate of drug-likeness (QED) is 0.330. The maximum atomic E-state index is 12.7. The van der Waals surface area contributed by atoms with Crippen LogP contribution in [0.4, 0.5) is 5.69 Å². The van der Waals surface area contributed by atoms with E-state index in [-0.39, 0.29) is 11.7 Å². The molecule has 0 saturated carbocycles. The molecule has 2 aromatic carbocycles. The Morgan fingerprint density at radius 2 is 1.77 bits per heavy atom. The van der Waals surface area contributed by atoms with Crippen LogP contribution in [0.1, 0.15) is 30.5 Å². The standard InChI is InChI=1S/C24H25N5OS/c1-4-17-10-8-11-18(5-2)22(17)28-21(30)14-31-24-19-13-27-29(23(19)25-15-26-24)20-12-7-6-9-16(20)3/h6-13,15H,4-5,14H2,1-3H3,(H,28,30). The van der Waals surface area contributed by atoms with E-state index in [0.29, 0.717) is 0 Å². The highest BCUT2D eigenvalue weighted by Gasteiger charge is 2.15. The third-order valence-electron chi connectivity index (χ3n) is 5.28. The second-order valence-electron chi connectivity index (χ2n) is 7.25. The highest BCUT2D eigenvalue weighted by molar-refractivity contribution is 8.00. The average molecular weight is 432 g/mol. The Morgan fingerprint density at radius 1 is 1.03 bits per heavy atom. The molecule has 0 aliphatic heterocycles. The summed E-state index contributed by atoms with van der Waals surface area (Å²) < 4.78 is 1.82.